The SMILES string of the molecule is C=C(C(=O)[C@H]1C[C@]2(C)[C@H]([C@@H](C=O)CC[C@H]2O)[C@@H](O)C1C(=C)C(=O)OC)C(O)COC(C)=O. The molecule has 0 saturated heterocycles. The maximum atomic E-state index is 13.4. The number of aldehydes is 1. The average Bonchev–Trinajstić information content (AvgIpc) is 2.76. The lowest BCUT2D eigenvalue weighted by molar-refractivity contribution is -0.176. The van der Waals surface area contributed by atoms with Crippen molar-refractivity contribution < 1.29 is 44.0 Å². The zero-order valence-electron chi connectivity index (χ0n) is 18.7. The summed E-state index contributed by atoms with van der Waals surface area (Å²) >= 11 is 0. The molecule has 2 fully saturated rings. The molecule has 0 spiro atoms. The summed E-state index contributed by atoms with van der Waals surface area (Å²) in [6.07, 6.45) is -2.27. The monoisotopic (exact) mass is 452 g/mol. The Morgan fingerprint density at radius 3 is 2.38 bits per heavy atom. The van der Waals surface area contributed by atoms with E-state index in [0.717, 1.165) is 20.3 Å². The molecule has 2 rings (SSSR count). The number of carbonyl (C=O) groups excluding carboxylic acids is 4. The van der Waals surface area contributed by atoms with Gasteiger partial charge in [0.15, 0.2) is 5.78 Å². The van der Waals surface area contributed by atoms with Crippen molar-refractivity contribution in [1.82, 2.24) is 0 Å². The predicted molar refractivity (Wildman–Crippen MR) is 112 cm³/mol. The molecule has 178 valence electrons. The van der Waals surface area contributed by atoms with Crippen LogP contribution in [0.1, 0.15) is 33.1 Å². The molecule has 2 aliphatic carbocycles. The first kappa shape index (κ1) is 25.9. The topological polar surface area (TPSA) is 147 Å². The molecular weight excluding hydrogens is 420 g/mol. The van der Waals surface area contributed by atoms with Crippen molar-refractivity contribution in [2.45, 2.75) is 51.4 Å². The summed E-state index contributed by atoms with van der Waals surface area (Å²) in [5.41, 5.74) is -1.41. The van der Waals surface area contributed by atoms with Crippen LogP contribution < -0.4 is 0 Å². The Bertz CT molecular complexity index is 803. The summed E-state index contributed by atoms with van der Waals surface area (Å²) in [7, 11) is 1.14. The van der Waals surface area contributed by atoms with Gasteiger partial charge in [-0.2, -0.15) is 0 Å². The Kier molecular flexibility index (Phi) is 8.14. The molecule has 9 heteroatoms. The third kappa shape index (κ3) is 4.69. The van der Waals surface area contributed by atoms with E-state index in [2.05, 4.69) is 13.2 Å². The van der Waals surface area contributed by atoms with E-state index in [4.69, 9.17) is 9.47 Å². The third-order valence-electron chi connectivity index (χ3n) is 7.11. The van der Waals surface area contributed by atoms with Gasteiger partial charge in [-0.3, -0.25) is 9.59 Å². The van der Waals surface area contributed by atoms with Crippen LogP contribution in [0.25, 0.3) is 0 Å². The van der Waals surface area contributed by atoms with Gasteiger partial charge < -0.3 is 29.6 Å². The van der Waals surface area contributed by atoms with Crippen LogP contribution in [0.2, 0.25) is 0 Å². The quantitative estimate of drug-likeness (QED) is 0.270. The molecule has 0 aromatic rings. The van der Waals surface area contributed by atoms with Crippen molar-refractivity contribution in [1.29, 1.82) is 0 Å². The van der Waals surface area contributed by atoms with E-state index in [-0.39, 0.29) is 17.6 Å². The van der Waals surface area contributed by atoms with Crippen molar-refractivity contribution in [3.63, 3.8) is 0 Å². The number of fused-ring (bicyclic) bond motifs is 1. The van der Waals surface area contributed by atoms with Gasteiger partial charge in [-0.05, 0) is 19.3 Å². The van der Waals surface area contributed by atoms with E-state index >= 15 is 0 Å². The predicted octanol–water partition coefficient (Wildman–Crippen LogP) is 0.354. The number of hydrogen-bond acceptors (Lipinski definition) is 9. The number of aliphatic hydroxyl groups excluding tert-OH is 3. The lowest BCUT2D eigenvalue weighted by atomic mass is 9.49. The van der Waals surface area contributed by atoms with Gasteiger partial charge in [-0.15, -0.1) is 0 Å². The van der Waals surface area contributed by atoms with Crippen molar-refractivity contribution in [3.8, 4) is 0 Å². The number of aliphatic hydroxyl groups is 3. The maximum Gasteiger partial charge on any atom is 0.333 e. The number of hydrogen-bond donors (Lipinski definition) is 3. The molecule has 2 aliphatic rings. The Morgan fingerprint density at radius 2 is 1.84 bits per heavy atom. The highest BCUT2D eigenvalue weighted by Crippen LogP contribution is 2.57. The van der Waals surface area contributed by atoms with Crippen LogP contribution in [0.5, 0.6) is 0 Å². The van der Waals surface area contributed by atoms with Gasteiger partial charge in [0, 0.05) is 47.2 Å². The van der Waals surface area contributed by atoms with Crippen LogP contribution in [-0.4, -0.2) is 71.4 Å². The van der Waals surface area contributed by atoms with Gasteiger partial charge in [0.1, 0.15) is 19.0 Å². The Balaban J connectivity index is 2.47. The maximum absolute atomic E-state index is 13.4. The first-order chi connectivity index (χ1) is 14.9. The Morgan fingerprint density at radius 1 is 1.22 bits per heavy atom. The van der Waals surface area contributed by atoms with Gasteiger partial charge in [-0.25, -0.2) is 4.79 Å². The summed E-state index contributed by atoms with van der Waals surface area (Å²) in [5, 5.41) is 32.4. The van der Waals surface area contributed by atoms with Gasteiger partial charge in [0.2, 0.25) is 0 Å². The normalized spacial score (nSPS) is 35.1. The van der Waals surface area contributed by atoms with Gasteiger partial charge in [0.25, 0.3) is 0 Å². The van der Waals surface area contributed by atoms with Crippen molar-refractivity contribution >= 4 is 24.0 Å². The third-order valence-corrected chi connectivity index (χ3v) is 7.11. The smallest absolute Gasteiger partial charge is 0.333 e. The molecule has 0 radical (unpaired) electrons. The molecule has 0 bridgehead atoms. The van der Waals surface area contributed by atoms with Crippen LogP contribution in [0.15, 0.2) is 24.3 Å². The van der Waals surface area contributed by atoms with E-state index in [1.165, 1.54) is 0 Å². The van der Waals surface area contributed by atoms with Crippen LogP contribution in [0, 0.1) is 29.1 Å². The molecule has 9 nitrogen and oxygen atoms in total. The number of methoxy groups -OCH3 is 1. The fourth-order valence-electron chi connectivity index (χ4n) is 5.37. The lowest BCUT2D eigenvalue weighted by Gasteiger charge is -2.57. The number of esters is 2. The highest BCUT2D eigenvalue weighted by atomic mass is 16.5. The fraction of sp³-hybridized carbons (Fsp3) is 0.652. The van der Waals surface area contributed by atoms with Crippen molar-refractivity contribution in [2.24, 2.45) is 29.1 Å². The second-order valence-electron chi connectivity index (χ2n) is 8.98. The molecular formula is C23H32O9. The summed E-state index contributed by atoms with van der Waals surface area (Å²) in [6, 6.07) is 0. The second-order valence-corrected chi connectivity index (χ2v) is 8.98. The lowest BCUT2D eigenvalue weighted by Crippen LogP contribution is -2.61. The average molecular weight is 453 g/mol. The summed E-state index contributed by atoms with van der Waals surface area (Å²) in [5.74, 6) is -5.58. The number of ketones is 1. The van der Waals surface area contributed by atoms with Gasteiger partial charge >= 0.3 is 11.9 Å². The summed E-state index contributed by atoms with van der Waals surface area (Å²) < 4.78 is 9.48. The molecule has 0 aliphatic heterocycles. The number of Topliss-reactive ketones (excluding diaryl/α,β-unsaturated/α-hetero) is 1. The standard InChI is InChI=1S/C23H32O9/c1-11(16(26)10-32-13(3)25)20(28)15-8-23(4)17(27)7-6-14(9-24)19(23)21(29)18(15)12(2)22(30)31-5/h9,14-19,21,26-27,29H,1-2,6-8,10H2,3-5H3/t14-,15+,16?,17-,18?,19-,21+,23+/m1/s1. The Hall–Kier alpha value is -2.36. The highest BCUT2D eigenvalue weighted by molar-refractivity contribution is 5.99. The number of ether oxygens (including phenoxy) is 2. The molecule has 0 heterocycles. The van der Waals surface area contributed by atoms with Crippen molar-refractivity contribution in [3.05, 3.63) is 24.3 Å². The van der Waals surface area contributed by atoms with Crippen LogP contribution in [0.3, 0.4) is 0 Å². The van der Waals surface area contributed by atoms with Crippen LogP contribution in [-0.2, 0) is 28.7 Å². The zero-order valence-corrected chi connectivity index (χ0v) is 18.7. The minimum Gasteiger partial charge on any atom is -0.466 e. The van der Waals surface area contributed by atoms with Gasteiger partial charge in [-0.1, -0.05) is 20.1 Å². The van der Waals surface area contributed by atoms with Crippen LogP contribution in [0.4, 0.5) is 0 Å². The summed E-state index contributed by atoms with van der Waals surface area (Å²) in [6.45, 7) is 9.74. The molecule has 3 N–H and O–H groups in total. The van der Waals surface area contributed by atoms with E-state index in [9.17, 15) is 34.5 Å². The highest BCUT2D eigenvalue weighted by Gasteiger charge is 2.60. The largest absolute Gasteiger partial charge is 0.466 e. The van der Waals surface area contributed by atoms with E-state index in [1.807, 2.05) is 0 Å². The molecule has 0 aromatic heterocycles. The molecule has 0 amide bonds. The molecule has 2 unspecified atom stereocenters. The summed E-state index contributed by atoms with van der Waals surface area (Å²) in [4.78, 5) is 48.4. The first-order valence-electron chi connectivity index (χ1n) is 10.5. The number of carbonyl (C=O) groups is 4. The van der Waals surface area contributed by atoms with Crippen molar-refractivity contribution in [2.75, 3.05) is 13.7 Å². The molecule has 8 atom stereocenters. The zero-order chi connectivity index (χ0) is 24.4. The molecule has 2 saturated carbocycles. The van der Waals surface area contributed by atoms with E-state index < -0.39 is 71.7 Å². The van der Waals surface area contributed by atoms with E-state index in [1.54, 1.807) is 6.92 Å². The number of rotatable bonds is 8. The molecule has 0 aromatic carbocycles. The van der Waals surface area contributed by atoms with Crippen LogP contribution >= 0.6 is 0 Å². The minimum atomic E-state index is -1.49. The van der Waals surface area contributed by atoms with E-state index in [0.29, 0.717) is 12.8 Å². The second kappa shape index (κ2) is 10.1. The minimum absolute atomic E-state index is 0.0268. The fourth-order valence-corrected chi connectivity index (χ4v) is 5.37. The Labute approximate surface area is 187 Å². The van der Waals surface area contributed by atoms with Gasteiger partial charge in [0.05, 0.1) is 19.3 Å². The first-order valence-corrected chi connectivity index (χ1v) is 10.5. The molecule has 32 heavy (non-hydrogen) atoms.